The van der Waals surface area contributed by atoms with E-state index in [-0.39, 0.29) is 0 Å². The molecule has 0 amide bonds. The maximum atomic E-state index is 5.68. The van der Waals surface area contributed by atoms with Crippen LogP contribution in [0.3, 0.4) is 0 Å². The number of anilines is 1. The van der Waals surface area contributed by atoms with Gasteiger partial charge in [-0.2, -0.15) is 11.3 Å². The first kappa shape index (κ1) is 11.8. The van der Waals surface area contributed by atoms with E-state index in [2.05, 4.69) is 16.8 Å². The molecule has 0 aliphatic carbocycles. The van der Waals surface area contributed by atoms with E-state index in [0.29, 0.717) is 18.0 Å². The minimum Gasteiger partial charge on any atom is -0.493 e. The van der Waals surface area contributed by atoms with E-state index >= 15 is 0 Å². The second-order valence-electron chi connectivity index (χ2n) is 3.64. The lowest BCUT2D eigenvalue weighted by atomic mass is 10.2. The van der Waals surface area contributed by atoms with E-state index in [1.165, 1.54) is 5.56 Å². The molecule has 0 fully saturated rings. The summed E-state index contributed by atoms with van der Waals surface area (Å²) in [6.07, 6.45) is 0.900. The van der Waals surface area contributed by atoms with Gasteiger partial charge >= 0.3 is 0 Å². The van der Waals surface area contributed by atoms with Crippen LogP contribution in [0.15, 0.2) is 35.0 Å². The van der Waals surface area contributed by atoms with E-state index in [0.717, 1.165) is 12.2 Å². The molecule has 0 saturated carbocycles. The number of hydrogen-bond donors (Lipinski definition) is 1. The molecule has 0 atom stereocenters. The van der Waals surface area contributed by atoms with Crippen LogP contribution in [0.2, 0.25) is 0 Å². The van der Waals surface area contributed by atoms with Gasteiger partial charge in [-0.25, -0.2) is 0 Å². The Kier molecular flexibility index (Phi) is 3.88. The van der Waals surface area contributed by atoms with Crippen LogP contribution in [-0.2, 0) is 6.42 Å². The van der Waals surface area contributed by atoms with Crippen molar-refractivity contribution in [3.05, 3.63) is 40.6 Å². The predicted octanol–water partition coefficient (Wildman–Crippen LogP) is 2.96. The first-order valence-electron chi connectivity index (χ1n) is 5.37. The highest BCUT2D eigenvalue weighted by molar-refractivity contribution is 7.07. The number of methoxy groups -OCH3 is 1. The quantitative estimate of drug-likeness (QED) is 0.829. The Hall–Kier alpha value is -1.68. The number of thiophene rings is 1. The maximum absolute atomic E-state index is 5.68. The Morgan fingerprint density at radius 2 is 2.12 bits per heavy atom. The van der Waals surface area contributed by atoms with E-state index in [9.17, 15) is 0 Å². The minimum absolute atomic E-state index is 0.636. The van der Waals surface area contributed by atoms with Crippen molar-refractivity contribution >= 4 is 17.0 Å². The third-order valence-electron chi connectivity index (χ3n) is 2.42. The lowest BCUT2D eigenvalue weighted by Crippen LogP contribution is -2.02. The first-order chi connectivity index (χ1) is 8.29. The van der Waals surface area contributed by atoms with Crippen LogP contribution in [0.5, 0.6) is 11.5 Å². The summed E-state index contributed by atoms with van der Waals surface area (Å²) in [5, 5.41) is 4.20. The van der Waals surface area contributed by atoms with Gasteiger partial charge in [0.05, 0.1) is 13.7 Å². The standard InChI is InChI=1S/C13H15NO2S/c1-15-13-8-11(14)2-3-12(13)16-6-4-10-5-7-17-9-10/h2-3,5,7-9H,4,6,14H2,1H3. The van der Waals surface area contributed by atoms with Gasteiger partial charge in [0.25, 0.3) is 0 Å². The van der Waals surface area contributed by atoms with Crippen LogP contribution in [0.25, 0.3) is 0 Å². The van der Waals surface area contributed by atoms with Gasteiger partial charge in [-0.05, 0) is 34.5 Å². The normalized spacial score (nSPS) is 10.2. The van der Waals surface area contributed by atoms with Crippen molar-refractivity contribution in [2.24, 2.45) is 0 Å². The third kappa shape index (κ3) is 3.14. The van der Waals surface area contributed by atoms with Crippen molar-refractivity contribution in [1.82, 2.24) is 0 Å². The number of hydrogen-bond acceptors (Lipinski definition) is 4. The molecule has 3 nitrogen and oxygen atoms in total. The highest BCUT2D eigenvalue weighted by Gasteiger charge is 2.04. The Morgan fingerprint density at radius 1 is 1.24 bits per heavy atom. The second kappa shape index (κ2) is 5.59. The van der Waals surface area contributed by atoms with E-state index in [4.69, 9.17) is 15.2 Å². The summed E-state index contributed by atoms with van der Waals surface area (Å²) < 4.78 is 10.9. The fourth-order valence-electron chi connectivity index (χ4n) is 1.52. The van der Waals surface area contributed by atoms with Crippen molar-refractivity contribution < 1.29 is 9.47 Å². The van der Waals surface area contributed by atoms with Gasteiger partial charge in [0, 0.05) is 18.2 Å². The van der Waals surface area contributed by atoms with E-state index in [1.807, 2.05) is 12.1 Å². The van der Waals surface area contributed by atoms with E-state index in [1.54, 1.807) is 24.5 Å². The average molecular weight is 249 g/mol. The fraction of sp³-hybridized carbons (Fsp3) is 0.231. The van der Waals surface area contributed by atoms with Gasteiger partial charge in [0.1, 0.15) is 0 Å². The lowest BCUT2D eigenvalue weighted by Gasteiger charge is -2.10. The van der Waals surface area contributed by atoms with Gasteiger partial charge in [-0.1, -0.05) is 0 Å². The van der Waals surface area contributed by atoms with E-state index < -0.39 is 0 Å². The zero-order valence-electron chi connectivity index (χ0n) is 9.68. The maximum Gasteiger partial charge on any atom is 0.162 e. The number of rotatable bonds is 5. The van der Waals surface area contributed by atoms with Gasteiger partial charge in [0.15, 0.2) is 11.5 Å². The molecule has 0 aliphatic rings. The molecule has 1 aromatic carbocycles. The number of benzene rings is 1. The van der Waals surface area contributed by atoms with Gasteiger partial charge in [-0.3, -0.25) is 0 Å². The Labute approximate surface area is 105 Å². The van der Waals surface area contributed by atoms with Crippen molar-refractivity contribution in [3.63, 3.8) is 0 Å². The Bertz CT molecular complexity index is 468. The second-order valence-corrected chi connectivity index (χ2v) is 4.42. The summed E-state index contributed by atoms with van der Waals surface area (Å²) >= 11 is 1.70. The zero-order chi connectivity index (χ0) is 12.1. The monoisotopic (exact) mass is 249 g/mol. The molecule has 0 bridgehead atoms. The van der Waals surface area contributed by atoms with Crippen LogP contribution in [0.1, 0.15) is 5.56 Å². The van der Waals surface area contributed by atoms with Crippen LogP contribution < -0.4 is 15.2 Å². The molecule has 4 heteroatoms. The fourth-order valence-corrected chi connectivity index (χ4v) is 2.22. The number of ether oxygens (including phenoxy) is 2. The molecule has 0 unspecified atom stereocenters. The predicted molar refractivity (Wildman–Crippen MR) is 70.9 cm³/mol. The Morgan fingerprint density at radius 3 is 2.82 bits per heavy atom. The highest BCUT2D eigenvalue weighted by atomic mass is 32.1. The summed E-state index contributed by atoms with van der Waals surface area (Å²) in [6.45, 7) is 0.636. The molecule has 1 heterocycles. The third-order valence-corrected chi connectivity index (χ3v) is 3.15. The average Bonchev–Trinajstić information content (AvgIpc) is 2.84. The van der Waals surface area contributed by atoms with Crippen LogP contribution in [0, 0.1) is 0 Å². The first-order valence-corrected chi connectivity index (χ1v) is 6.31. The molecule has 90 valence electrons. The van der Waals surface area contributed by atoms with Gasteiger partial charge in [-0.15, -0.1) is 0 Å². The van der Waals surface area contributed by atoms with Crippen molar-refractivity contribution in [2.75, 3.05) is 19.5 Å². The summed E-state index contributed by atoms with van der Waals surface area (Å²) in [7, 11) is 1.61. The van der Waals surface area contributed by atoms with Gasteiger partial charge in [0.2, 0.25) is 0 Å². The Balaban J connectivity index is 1.94. The summed E-state index contributed by atoms with van der Waals surface area (Å²) in [5.41, 5.74) is 7.64. The molecule has 1 aromatic heterocycles. The number of nitrogens with two attached hydrogens (primary N) is 1. The molecule has 0 aliphatic heterocycles. The molecular weight excluding hydrogens is 234 g/mol. The zero-order valence-corrected chi connectivity index (χ0v) is 10.5. The van der Waals surface area contributed by atoms with Crippen molar-refractivity contribution in [2.45, 2.75) is 6.42 Å². The van der Waals surface area contributed by atoms with Crippen molar-refractivity contribution in [1.29, 1.82) is 0 Å². The highest BCUT2D eigenvalue weighted by Crippen LogP contribution is 2.29. The lowest BCUT2D eigenvalue weighted by molar-refractivity contribution is 0.298. The molecule has 2 N–H and O–H groups in total. The topological polar surface area (TPSA) is 44.5 Å². The molecule has 17 heavy (non-hydrogen) atoms. The molecule has 2 aromatic rings. The minimum atomic E-state index is 0.636. The summed E-state index contributed by atoms with van der Waals surface area (Å²) in [4.78, 5) is 0. The molecule has 0 spiro atoms. The smallest absolute Gasteiger partial charge is 0.162 e. The molecule has 2 rings (SSSR count). The summed E-state index contributed by atoms with van der Waals surface area (Å²) in [5.74, 6) is 1.41. The van der Waals surface area contributed by atoms with Crippen LogP contribution in [-0.4, -0.2) is 13.7 Å². The largest absolute Gasteiger partial charge is 0.493 e. The van der Waals surface area contributed by atoms with Crippen molar-refractivity contribution in [3.8, 4) is 11.5 Å². The molecular formula is C13H15NO2S. The number of nitrogen functional groups attached to an aromatic ring is 1. The molecule has 0 saturated heterocycles. The van der Waals surface area contributed by atoms with Gasteiger partial charge < -0.3 is 15.2 Å². The molecule has 0 radical (unpaired) electrons. The van der Waals surface area contributed by atoms with Crippen LogP contribution in [0.4, 0.5) is 5.69 Å². The SMILES string of the molecule is COc1cc(N)ccc1OCCc1ccsc1. The van der Waals surface area contributed by atoms with Crippen LogP contribution >= 0.6 is 11.3 Å². The summed E-state index contributed by atoms with van der Waals surface area (Å²) in [6, 6.07) is 7.51.